The number of amides is 3. The molecule has 0 bridgehead atoms. The van der Waals surface area contributed by atoms with E-state index in [1.54, 1.807) is 18.8 Å². The Morgan fingerprint density at radius 1 is 1.31 bits per heavy atom. The van der Waals surface area contributed by atoms with Gasteiger partial charge in [-0.2, -0.15) is 0 Å². The van der Waals surface area contributed by atoms with E-state index in [2.05, 4.69) is 19.2 Å². The van der Waals surface area contributed by atoms with E-state index in [9.17, 15) is 9.59 Å². The summed E-state index contributed by atoms with van der Waals surface area (Å²) < 4.78 is 0. The third kappa shape index (κ3) is 3.83. The van der Waals surface area contributed by atoms with Gasteiger partial charge in [-0.25, -0.2) is 9.79 Å². The van der Waals surface area contributed by atoms with E-state index < -0.39 is 18.2 Å². The summed E-state index contributed by atoms with van der Waals surface area (Å²) in [6.45, 7) is 5.03. The van der Waals surface area contributed by atoms with Crippen LogP contribution in [-0.2, 0) is 10.5 Å². The number of fused-ring (bicyclic) bond motifs is 1. The SMILES string of the molecule is CC(C)CCN1C(SCc2ccccc2Cl)=NC2C1C(=O)NC(=O)N2C. The molecular formula is C18H23ClN4O2S. The third-order valence-corrected chi connectivity index (χ3v) is 6.01. The highest BCUT2D eigenvalue weighted by Crippen LogP contribution is 2.31. The minimum Gasteiger partial charge on any atom is -0.336 e. The summed E-state index contributed by atoms with van der Waals surface area (Å²) >= 11 is 7.81. The van der Waals surface area contributed by atoms with Gasteiger partial charge in [-0.3, -0.25) is 10.1 Å². The number of aliphatic imine (C=N–C) groups is 1. The molecule has 2 heterocycles. The fourth-order valence-electron chi connectivity index (χ4n) is 3.01. The Balaban J connectivity index is 1.81. The molecule has 2 unspecified atom stereocenters. The third-order valence-electron chi connectivity index (χ3n) is 4.58. The molecule has 140 valence electrons. The molecule has 1 fully saturated rings. The Morgan fingerprint density at radius 2 is 2.04 bits per heavy atom. The van der Waals surface area contributed by atoms with Crippen molar-refractivity contribution in [3.8, 4) is 0 Å². The van der Waals surface area contributed by atoms with Crippen LogP contribution in [-0.4, -0.2) is 52.7 Å². The molecule has 1 N–H and O–H groups in total. The van der Waals surface area contributed by atoms with Gasteiger partial charge in [-0.05, 0) is 24.0 Å². The van der Waals surface area contributed by atoms with Gasteiger partial charge in [0.15, 0.2) is 17.4 Å². The average Bonchev–Trinajstić information content (AvgIpc) is 2.96. The number of carbonyl (C=O) groups excluding carboxylic acids is 2. The predicted octanol–water partition coefficient (Wildman–Crippen LogP) is 3.17. The lowest BCUT2D eigenvalue weighted by Gasteiger charge is -2.36. The van der Waals surface area contributed by atoms with Gasteiger partial charge in [0, 0.05) is 24.4 Å². The molecule has 2 aliphatic rings. The van der Waals surface area contributed by atoms with Crippen molar-refractivity contribution >= 4 is 40.5 Å². The summed E-state index contributed by atoms with van der Waals surface area (Å²) in [6, 6.07) is 6.83. The first-order chi connectivity index (χ1) is 12.4. The molecule has 2 atom stereocenters. The Morgan fingerprint density at radius 3 is 2.73 bits per heavy atom. The van der Waals surface area contributed by atoms with Crippen LogP contribution in [0.15, 0.2) is 29.3 Å². The van der Waals surface area contributed by atoms with Gasteiger partial charge in [0.05, 0.1) is 0 Å². The van der Waals surface area contributed by atoms with Crippen LogP contribution in [0.25, 0.3) is 0 Å². The quantitative estimate of drug-likeness (QED) is 0.833. The zero-order valence-corrected chi connectivity index (χ0v) is 16.7. The van der Waals surface area contributed by atoms with Gasteiger partial charge in [-0.15, -0.1) is 0 Å². The number of rotatable bonds is 5. The van der Waals surface area contributed by atoms with Crippen molar-refractivity contribution in [3.63, 3.8) is 0 Å². The predicted molar refractivity (Wildman–Crippen MR) is 105 cm³/mol. The fourth-order valence-corrected chi connectivity index (χ4v) is 4.38. The van der Waals surface area contributed by atoms with Crippen LogP contribution in [0.4, 0.5) is 4.79 Å². The maximum atomic E-state index is 12.5. The Kier molecular flexibility index (Phi) is 5.77. The van der Waals surface area contributed by atoms with Gasteiger partial charge in [0.2, 0.25) is 0 Å². The number of likely N-dealkylation sites (N-methyl/N-ethyl adjacent to an activating group) is 1. The van der Waals surface area contributed by atoms with Crippen molar-refractivity contribution in [1.29, 1.82) is 0 Å². The molecule has 1 saturated heterocycles. The summed E-state index contributed by atoms with van der Waals surface area (Å²) in [5.74, 6) is 0.893. The molecule has 6 nitrogen and oxygen atoms in total. The number of thioether (sulfide) groups is 1. The minimum atomic E-state index is -0.475. The molecule has 8 heteroatoms. The fraction of sp³-hybridized carbons (Fsp3) is 0.500. The smallest absolute Gasteiger partial charge is 0.325 e. The Labute approximate surface area is 163 Å². The van der Waals surface area contributed by atoms with Crippen molar-refractivity contribution in [3.05, 3.63) is 34.9 Å². The Hall–Kier alpha value is -1.73. The second-order valence-electron chi connectivity index (χ2n) is 6.93. The van der Waals surface area contributed by atoms with Crippen molar-refractivity contribution in [1.82, 2.24) is 15.1 Å². The largest absolute Gasteiger partial charge is 0.336 e. The lowest BCUT2D eigenvalue weighted by molar-refractivity contribution is -0.127. The van der Waals surface area contributed by atoms with Crippen LogP contribution in [0.2, 0.25) is 5.02 Å². The second-order valence-corrected chi connectivity index (χ2v) is 8.28. The normalized spacial score (nSPS) is 22.6. The molecule has 1 aromatic carbocycles. The monoisotopic (exact) mass is 394 g/mol. The maximum Gasteiger partial charge on any atom is 0.325 e. The molecule has 3 rings (SSSR count). The molecule has 0 spiro atoms. The van der Waals surface area contributed by atoms with Gasteiger partial charge < -0.3 is 9.80 Å². The van der Waals surface area contributed by atoms with Crippen molar-refractivity contribution in [2.75, 3.05) is 13.6 Å². The molecule has 3 amide bonds. The lowest BCUT2D eigenvalue weighted by atomic mass is 10.1. The van der Waals surface area contributed by atoms with Crippen LogP contribution in [0, 0.1) is 5.92 Å². The van der Waals surface area contributed by atoms with Crippen LogP contribution < -0.4 is 5.32 Å². The number of hydrogen-bond acceptors (Lipinski definition) is 5. The van der Waals surface area contributed by atoms with E-state index in [0.29, 0.717) is 11.7 Å². The van der Waals surface area contributed by atoms with Crippen LogP contribution >= 0.6 is 23.4 Å². The summed E-state index contributed by atoms with van der Waals surface area (Å²) in [5, 5.41) is 3.93. The van der Waals surface area contributed by atoms with Gasteiger partial charge >= 0.3 is 6.03 Å². The summed E-state index contributed by atoms with van der Waals surface area (Å²) in [4.78, 5) is 32.6. The van der Waals surface area contributed by atoms with E-state index >= 15 is 0 Å². The van der Waals surface area contributed by atoms with Gasteiger partial charge in [0.25, 0.3) is 5.91 Å². The molecule has 0 saturated carbocycles. The van der Waals surface area contributed by atoms with Crippen LogP contribution in [0.3, 0.4) is 0 Å². The van der Waals surface area contributed by atoms with Crippen LogP contribution in [0.1, 0.15) is 25.8 Å². The molecule has 1 aromatic rings. The minimum absolute atomic E-state index is 0.279. The molecule has 0 aliphatic carbocycles. The number of carbonyl (C=O) groups is 2. The molecule has 26 heavy (non-hydrogen) atoms. The van der Waals surface area contributed by atoms with Crippen molar-refractivity contribution in [2.24, 2.45) is 10.9 Å². The van der Waals surface area contributed by atoms with Crippen molar-refractivity contribution < 1.29 is 9.59 Å². The van der Waals surface area contributed by atoms with Gasteiger partial charge in [0.1, 0.15) is 0 Å². The number of nitrogens with one attached hydrogen (secondary N) is 1. The zero-order chi connectivity index (χ0) is 18.8. The highest BCUT2D eigenvalue weighted by atomic mass is 35.5. The van der Waals surface area contributed by atoms with Crippen LogP contribution in [0.5, 0.6) is 0 Å². The number of urea groups is 1. The second kappa shape index (κ2) is 7.88. The van der Waals surface area contributed by atoms with E-state index in [4.69, 9.17) is 16.6 Å². The maximum absolute atomic E-state index is 12.5. The standard InChI is InChI=1S/C18H23ClN4O2S/c1-11(2)8-9-23-14-15(22(3)17(25)21-16(14)24)20-18(23)26-10-12-6-4-5-7-13(12)19/h4-7,11,14-15H,8-10H2,1-3H3,(H,21,24,25). The summed E-state index contributed by atoms with van der Waals surface area (Å²) in [7, 11) is 1.67. The average molecular weight is 395 g/mol. The number of amidine groups is 1. The van der Waals surface area contributed by atoms with E-state index in [1.807, 2.05) is 29.2 Å². The highest BCUT2D eigenvalue weighted by molar-refractivity contribution is 8.13. The first-order valence-corrected chi connectivity index (χ1v) is 10.0. The topological polar surface area (TPSA) is 65.0 Å². The first kappa shape index (κ1) is 19.0. The summed E-state index contributed by atoms with van der Waals surface area (Å²) in [6.07, 6.45) is 0.469. The first-order valence-electron chi connectivity index (χ1n) is 8.66. The number of hydrogen-bond donors (Lipinski definition) is 1. The number of nitrogens with zero attached hydrogens (tertiary/aromatic N) is 3. The van der Waals surface area contributed by atoms with E-state index in [0.717, 1.165) is 28.7 Å². The number of halogens is 1. The van der Waals surface area contributed by atoms with E-state index in [1.165, 1.54) is 4.90 Å². The molecule has 0 radical (unpaired) electrons. The number of imide groups is 1. The number of benzene rings is 1. The molecular weight excluding hydrogens is 372 g/mol. The molecule has 0 aromatic heterocycles. The van der Waals surface area contributed by atoms with Gasteiger partial charge in [-0.1, -0.05) is 55.4 Å². The van der Waals surface area contributed by atoms with E-state index in [-0.39, 0.29) is 5.91 Å². The summed E-state index contributed by atoms with van der Waals surface area (Å²) in [5.41, 5.74) is 1.02. The molecule has 2 aliphatic heterocycles. The zero-order valence-electron chi connectivity index (χ0n) is 15.1. The van der Waals surface area contributed by atoms with Crippen molar-refractivity contribution in [2.45, 2.75) is 38.2 Å². The highest BCUT2D eigenvalue weighted by Gasteiger charge is 2.48. The lowest BCUT2D eigenvalue weighted by Crippen LogP contribution is -2.63. The Bertz CT molecular complexity index is 740.